The van der Waals surface area contributed by atoms with Crippen LogP contribution in [0.5, 0.6) is 5.88 Å². The predicted molar refractivity (Wildman–Crippen MR) is 75.4 cm³/mol. The van der Waals surface area contributed by atoms with Crippen molar-refractivity contribution in [1.82, 2.24) is 19.3 Å². The molecule has 1 aliphatic heterocycles. The number of nitrogens with one attached hydrogen (secondary N) is 1. The molecule has 1 unspecified atom stereocenters. The van der Waals surface area contributed by atoms with Gasteiger partial charge in [0.1, 0.15) is 6.10 Å². The van der Waals surface area contributed by atoms with Crippen LogP contribution in [-0.4, -0.2) is 46.9 Å². The average Bonchev–Trinajstić information content (AvgIpc) is 3.12. The number of ether oxygens (including phenoxy) is 1. The summed E-state index contributed by atoms with van der Waals surface area (Å²) in [7, 11) is -3.51. The molecule has 1 fully saturated rings. The lowest BCUT2D eigenvalue weighted by molar-refractivity contribution is 0.207. The molecule has 2 aromatic heterocycles. The van der Waals surface area contributed by atoms with Crippen molar-refractivity contribution in [3.05, 3.63) is 36.4 Å². The molecule has 0 amide bonds. The van der Waals surface area contributed by atoms with Crippen LogP contribution in [0.1, 0.15) is 12.0 Å². The van der Waals surface area contributed by atoms with Crippen LogP contribution in [0.2, 0.25) is 0 Å². The molecule has 0 radical (unpaired) electrons. The van der Waals surface area contributed by atoms with E-state index < -0.39 is 10.0 Å². The first-order valence-electron chi connectivity index (χ1n) is 6.63. The van der Waals surface area contributed by atoms with E-state index in [9.17, 15) is 8.42 Å². The lowest BCUT2D eigenvalue weighted by Gasteiger charge is -2.15. The van der Waals surface area contributed by atoms with Crippen LogP contribution >= 0.6 is 0 Å². The van der Waals surface area contributed by atoms with Crippen molar-refractivity contribution in [2.45, 2.75) is 24.5 Å². The zero-order chi connectivity index (χ0) is 14.9. The molecular weight excluding hydrogens is 292 g/mol. The standard InChI is InChI=1S/C13H16N4O3S/c1-10-2-3-12(15-6-10)20-11-4-5-17(8-11)21(18,19)13-7-14-9-16-13/h2-3,6-7,9,11H,4-5,8H2,1H3,(H,14,16). The maximum Gasteiger partial charge on any atom is 0.260 e. The maximum absolute atomic E-state index is 12.3. The highest BCUT2D eigenvalue weighted by Gasteiger charge is 2.34. The second kappa shape index (κ2) is 5.45. The second-order valence-electron chi connectivity index (χ2n) is 4.98. The third-order valence-corrected chi connectivity index (χ3v) is 5.16. The van der Waals surface area contributed by atoms with Gasteiger partial charge in [0.25, 0.3) is 10.0 Å². The van der Waals surface area contributed by atoms with E-state index in [4.69, 9.17) is 4.74 Å². The number of rotatable bonds is 4. The van der Waals surface area contributed by atoms with Gasteiger partial charge in [0.2, 0.25) is 5.88 Å². The number of hydrogen-bond acceptors (Lipinski definition) is 5. The van der Waals surface area contributed by atoms with Crippen molar-refractivity contribution < 1.29 is 13.2 Å². The summed E-state index contributed by atoms with van der Waals surface area (Å²) >= 11 is 0. The smallest absolute Gasteiger partial charge is 0.260 e. The quantitative estimate of drug-likeness (QED) is 0.908. The van der Waals surface area contributed by atoms with Crippen LogP contribution in [0.3, 0.4) is 0 Å². The number of sulfonamides is 1. The van der Waals surface area contributed by atoms with E-state index in [0.717, 1.165) is 5.56 Å². The molecule has 7 nitrogen and oxygen atoms in total. The number of aromatic nitrogens is 3. The van der Waals surface area contributed by atoms with Crippen molar-refractivity contribution >= 4 is 10.0 Å². The fourth-order valence-corrected chi connectivity index (χ4v) is 3.61. The number of pyridine rings is 1. The Labute approximate surface area is 123 Å². The van der Waals surface area contributed by atoms with Crippen molar-refractivity contribution in [2.75, 3.05) is 13.1 Å². The third kappa shape index (κ3) is 2.91. The molecule has 112 valence electrons. The first kappa shape index (κ1) is 14.0. The Morgan fingerprint density at radius 3 is 2.90 bits per heavy atom. The van der Waals surface area contributed by atoms with Crippen LogP contribution < -0.4 is 4.74 Å². The second-order valence-corrected chi connectivity index (χ2v) is 6.89. The van der Waals surface area contributed by atoms with Gasteiger partial charge >= 0.3 is 0 Å². The average molecular weight is 308 g/mol. The molecule has 3 rings (SSSR count). The Kier molecular flexibility index (Phi) is 3.64. The molecule has 1 atom stereocenters. The summed E-state index contributed by atoms with van der Waals surface area (Å²) in [5.74, 6) is 0.520. The lowest BCUT2D eigenvalue weighted by Crippen LogP contribution is -2.31. The molecule has 2 aromatic rings. The highest BCUT2D eigenvalue weighted by atomic mass is 32.2. The van der Waals surface area contributed by atoms with Gasteiger partial charge in [0.05, 0.1) is 19.1 Å². The Morgan fingerprint density at radius 1 is 1.38 bits per heavy atom. The number of aromatic amines is 1. The molecule has 3 heterocycles. The van der Waals surface area contributed by atoms with Crippen molar-refractivity contribution in [3.8, 4) is 5.88 Å². The van der Waals surface area contributed by atoms with E-state index in [1.165, 1.54) is 16.8 Å². The molecule has 0 bridgehead atoms. The first-order chi connectivity index (χ1) is 10.1. The Bertz CT molecular complexity index is 698. The summed E-state index contributed by atoms with van der Waals surface area (Å²) < 4.78 is 31.8. The number of imidazole rings is 1. The zero-order valence-corrected chi connectivity index (χ0v) is 12.4. The van der Waals surface area contributed by atoms with Gasteiger partial charge < -0.3 is 9.72 Å². The molecule has 0 spiro atoms. The van der Waals surface area contributed by atoms with Crippen LogP contribution in [0.15, 0.2) is 35.9 Å². The number of aryl methyl sites for hydroxylation is 1. The fourth-order valence-electron chi connectivity index (χ4n) is 2.23. The molecule has 1 N–H and O–H groups in total. The molecule has 1 aliphatic rings. The highest BCUT2D eigenvalue weighted by Crippen LogP contribution is 2.22. The van der Waals surface area contributed by atoms with E-state index in [0.29, 0.717) is 25.4 Å². The van der Waals surface area contributed by atoms with Gasteiger partial charge in [0, 0.05) is 18.8 Å². The first-order valence-corrected chi connectivity index (χ1v) is 8.07. The van der Waals surface area contributed by atoms with Crippen LogP contribution in [0.4, 0.5) is 0 Å². The molecule has 0 aromatic carbocycles. The van der Waals surface area contributed by atoms with E-state index in [1.807, 2.05) is 13.0 Å². The monoisotopic (exact) mass is 308 g/mol. The highest BCUT2D eigenvalue weighted by molar-refractivity contribution is 7.89. The predicted octanol–water partition coefficient (Wildman–Crippen LogP) is 0.955. The van der Waals surface area contributed by atoms with Crippen molar-refractivity contribution in [2.24, 2.45) is 0 Å². The van der Waals surface area contributed by atoms with Gasteiger partial charge in [-0.05, 0) is 18.9 Å². The number of hydrogen-bond donors (Lipinski definition) is 1. The Hall–Kier alpha value is -1.93. The topological polar surface area (TPSA) is 88.2 Å². The minimum absolute atomic E-state index is 0.108. The number of H-pyrrole nitrogens is 1. The minimum atomic E-state index is -3.51. The largest absolute Gasteiger partial charge is 0.473 e. The van der Waals surface area contributed by atoms with E-state index in [-0.39, 0.29) is 11.1 Å². The van der Waals surface area contributed by atoms with Gasteiger partial charge in [-0.2, -0.15) is 4.31 Å². The Balaban J connectivity index is 1.67. The normalized spacial score (nSPS) is 19.8. The van der Waals surface area contributed by atoms with E-state index >= 15 is 0 Å². The Morgan fingerprint density at radius 2 is 2.24 bits per heavy atom. The van der Waals surface area contributed by atoms with Crippen molar-refractivity contribution in [3.63, 3.8) is 0 Å². The summed E-state index contributed by atoms with van der Waals surface area (Å²) in [6.45, 7) is 2.69. The zero-order valence-electron chi connectivity index (χ0n) is 11.6. The molecule has 21 heavy (non-hydrogen) atoms. The molecule has 8 heteroatoms. The van der Waals surface area contributed by atoms with Gasteiger partial charge in [-0.15, -0.1) is 0 Å². The van der Waals surface area contributed by atoms with Gasteiger partial charge in [-0.1, -0.05) is 6.07 Å². The van der Waals surface area contributed by atoms with Gasteiger partial charge in [-0.25, -0.2) is 18.4 Å². The molecular formula is C13H16N4O3S. The van der Waals surface area contributed by atoms with E-state index in [2.05, 4.69) is 15.0 Å². The van der Waals surface area contributed by atoms with Crippen LogP contribution in [-0.2, 0) is 10.0 Å². The fraction of sp³-hybridized carbons (Fsp3) is 0.385. The summed E-state index contributed by atoms with van der Waals surface area (Å²) in [4.78, 5) is 10.6. The minimum Gasteiger partial charge on any atom is -0.473 e. The molecule has 0 aliphatic carbocycles. The van der Waals surface area contributed by atoms with Crippen molar-refractivity contribution in [1.29, 1.82) is 0 Å². The summed E-state index contributed by atoms with van der Waals surface area (Å²) in [6, 6.07) is 3.71. The van der Waals surface area contributed by atoms with E-state index in [1.54, 1.807) is 12.3 Å². The summed E-state index contributed by atoms with van der Waals surface area (Å²) in [6.07, 6.45) is 4.85. The lowest BCUT2D eigenvalue weighted by atomic mass is 10.3. The summed E-state index contributed by atoms with van der Waals surface area (Å²) in [5.41, 5.74) is 1.05. The van der Waals surface area contributed by atoms with Gasteiger partial charge in [0.15, 0.2) is 5.03 Å². The molecule has 1 saturated heterocycles. The number of nitrogens with zero attached hydrogens (tertiary/aromatic N) is 3. The SMILES string of the molecule is Cc1ccc(OC2CCN(S(=O)(=O)c3cnc[nH]3)C2)nc1. The third-order valence-electron chi connectivity index (χ3n) is 3.37. The molecule has 0 saturated carbocycles. The van der Waals surface area contributed by atoms with Crippen LogP contribution in [0.25, 0.3) is 0 Å². The maximum atomic E-state index is 12.3. The van der Waals surface area contributed by atoms with Gasteiger partial charge in [-0.3, -0.25) is 0 Å². The van der Waals surface area contributed by atoms with Crippen LogP contribution in [0, 0.1) is 6.92 Å². The summed E-state index contributed by atoms with van der Waals surface area (Å²) in [5, 5.41) is 0.108.